The largest absolute Gasteiger partial charge is 0.491 e. The summed E-state index contributed by atoms with van der Waals surface area (Å²) in [6, 6.07) is 3.04. The Morgan fingerprint density at radius 2 is 2.18 bits per heavy atom. The Labute approximate surface area is 105 Å². The van der Waals surface area contributed by atoms with Crippen LogP contribution in [0.2, 0.25) is 5.02 Å². The Morgan fingerprint density at radius 1 is 1.47 bits per heavy atom. The van der Waals surface area contributed by atoms with E-state index in [9.17, 15) is 4.79 Å². The first-order valence-electron chi connectivity index (χ1n) is 5.59. The number of rotatable bonds is 5. The standard InChI is InChI=1S/C12H15ClN2O2/c13-10-6-8(14)5-9(12(15)16)11(10)17-4-3-7-1-2-7/h5-7H,1-4,14H2,(H2,15,16). The molecule has 17 heavy (non-hydrogen) atoms. The van der Waals surface area contributed by atoms with E-state index in [-0.39, 0.29) is 5.56 Å². The molecule has 4 nitrogen and oxygen atoms in total. The van der Waals surface area contributed by atoms with Gasteiger partial charge in [0, 0.05) is 5.69 Å². The molecule has 1 aliphatic rings. The third-order valence-corrected chi connectivity index (χ3v) is 3.08. The van der Waals surface area contributed by atoms with Crippen LogP contribution in [0, 0.1) is 5.92 Å². The van der Waals surface area contributed by atoms with Gasteiger partial charge in [-0.25, -0.2) is 0 Å². The molecule has 1 aliphatic carbocycles. The second-order valence-corrected chi connectivity index (χ2v) is 4.73. The Kier molecular flexibility index (Phi) is 3.43. The molecule has 1 amide bonds. The van der Waals surface area contributed by atoms with Crippen molar-refractivity contribution in [3.63, 3.8) is 0 Å². The van der Waals surface area contributed by atoms with Gasteiger partial charge in [0.2, 0.25) is 0 Å². The fourth-order valence-corrected chi connectivity index (χ4v) is 1.96. The van der Waals surface area contributed by atoms with Gasteiger partial charge < -0.3 is 16.2 Å². The number of benzene rings is 1. The summed E-state index contributed by atoms with van der Waals surface area (Å²) in [5.74, 6) is 0.522. The van der Waals surface area contributed by atoms with Gasteiger partial charge in [-0.2, -0.15) is 0 Å². The zero-order chi connectivity index (χ0) is 12.4. The second-order valence-electron chi connectivity index (χ2n) is 4.32. The maximum absolute atomic E-state index is 11.3. The molecule has 0 atom stereocenters. The third kappa shape index (κ3) is 3.03. The molecule has 5 heteroatoms. The van der Waals surface area contributed by atoms with Crippen LogP contribution in [-0.4, -0.2) is 12.5 Å². The molecular weight excluding hydrogens is 240 g/mol. The number of nitrogens with two attached hydrogens (primary N) is 2. The van der Waals surface area contributed by atoms with Crippen LogP contribution in [0.15, 0.2) is 12.1 Å². The molecule has 1 aromatic rings. The Morgan fingerprint density at radius 3 is 2.76 bits per heavy atom. The predicted octanol–water partition coefficient (Wildman–Crippen LogP) is 2.20. The molecule has 1 aromatic carbocycles. The maximum atomic E-state index is 11.3. The lowest BCUT2D eigenvalue weighted by molar-refractivity contribution is 0.0996. The quantitative estimate of drug-likeness (QED) is 0.791. The lowest BCUT2D eigenvalue weighted by Crippen LogP contribution is -2.14. The lowest BCUT2D eigenvalue weighted by Gasteiger charge is -2.12. The first-order chi connectivity index (χ1) is 8.08. The summed E-state index contributed by atoms with van der Waals surface area (Å²) in [4.78, 5) is 11.3. The summed E-state index contributed by atoms with van der Waals surface area (Å²) >= 11 is 6.00. The van der Waals surface area contributed by atoms with Crippen LogP contribution < -0.4 is 16.2 Å². The number of primary amides is 1. The first-order valence-corrected chi connectivity index (χ1v) is 5.97. The molecule has 0 heterocycles. The van der Waals surface area contributed by atoms with Crippen molar-refractivity contribution in [1.29, 1.82) is 0 Å². The van der Waals surface area contributed by atoms with Gasteiger partial charge in [0.1, 0.15) is 0 Å². The summed E-state index contributed by atoms with van der Waals surface area (Å²) in [5, 5.41) is 0.328. The number of ether oxygens (including phenoxy) is 1. The smallest absolute Gasteiger partial charge is 0.252 e. The van der Waals surface area contributed by atoms with Gasteiger partial charge >= 0.3 is 0 Å². The van der Waals surface area contributed by atoms with Gasteiger partial charge in [-0.15, -0.1) is 0 Å². The van der Waals surface area contributed by atoms with E-state index in [0.29, 0.717) is 23.1 Å². The molecule has 4 N–H and O–H groups in total. The molecule has 1 fully saturated rings. The number of halogens is 1. The van der Waals surface area contributed by atoms with Crippen molar-refractivity contribution in [2.24, 2.45) is 11.7 Å². The number of hydrogen-bond donors (Lipinski definition) is 2. The van der Waals surface area contributed by atoms with Gasteiger partial charge in [0.05, 0.1) is 17.2 Å². The highest BCUT2D eigenvalue weighted by Crippen LogP contribution is 2.34. The lowest BCUT2D eigenvalue weighted by atomic mass is 10.1. The zero-order valence-corrected chi connectivity index (χ0v) is 10.2. The van der Waals surface area contributed by atoms with E-state index in [0.717, 1.165) is 12.3 Å². The zero-order valence-electron chi connectivity index (χ0n) is 9.41. The molecule has 0 aromatic heterocycles. The van der Waals surface area contributed by atoms with Crippen molar-refractivity contribution in [2.75, 3.05) is 12.3 Å². The van der Waals surface area contributed by atoms with Gasteiger partial charge in [0.15, 0.2) is 5.75 Å². The molecule has 0 bridgehead atoms. The van der Waals surface area contributed by atoms with E-state index >= 15 is 0 Å². The van der Waals surface area contributed by atoms with Gasteiger partial charge in [-0.1, -0.05) is 24.4 Å². The molecule has 0 radical (unpaired) electrons. The van der Waals surface area contributed by atoms with Crippen molar-refractivity contribution in [3.8, 4) is 5.75 Å². The number of hydrogen-bond acceptors (Lipinski definition) is 3. The number of carbonyl (C=O) groups is 1. The normalized spacial score (nSPS) is 14.6. The molecule has 0 saturated heterocycles. The van der Waals surface area contributed by atoms with Crippen LogP contribution in [0.1, 0.15) is 29.6 Å². The molecule has 92 valence electrons. The summed E-state index contributed by atoms with van der Waals surface area (Å²) < 4.78 is 5.55. The fourth-order valence-electron chi connectivity index (χ4n) is 1.68. The van der Waals surface area contributed by atoms with Crippen LogP contribution in [0.3, 0.4) is 0 Å². The van der Waals surface area contributed by atoms with Crippen LogP contribution in [0.25, 0.3) is 0 Å². The number of anilines is 1. The van der Waals surface area contributed by atoms with Crippen molar-refractivity contribution in [2.45, 2.75) is 19.3 Å². The van der Waals surface area contributed by atoms with Crippen LogP contribution in [0.4, 0.5) is 5.69 Å². The Hall–Kier alpha value is -1.42. The van der Waals surface area contributed by atoms with Crippen LogP contribution in [0.5, 0.6) is 5.75 Å². The van der Waals surface area contributed by atoms with E-state index in [1.54, 1.807) is 6.07 Å². The van der Waals surface area contributed by atoms with Crippen molar-refractivity contribution < 1.29 is 9.53 Å². The molecular formula is C12H15ClN2O2. The van der Waals surface area contributed by atoms with E-state index in [1.807, 2.05) is 0 Å². The minimum absolute atomic E-state index is 0.241. The highest BCUT2D eigenvalue weighted by atomic mass is 35.5. The van der Waals surface area contributed by atoms with Crippen molar-refractivity contribution >= 4 is 23.2 Å². The summed E-state index contributed by atoms with van der Waals surface area (Å²) in [5.41, 5.74) is 11.5. The molecule has 0 aliphatic heterocycles. The third-order valence-electron chi connectivity index (χ3n) is 2.80. The minimum atomic E-state index is -0.583. The van der Waals surface area contributed by atoms with Crippen molar-refractivity contribution in [1.82, 2.24) is 0 Å². The first kappa shape index (κ1) is 12.0. The van der Waals surface area contributed by atoms with Crippen LogP contribution >= 0.6 is 11.6 Å². The fraction of sp³-hybridized carbons (Fsp3) is 0.417. The van der Waals surface area contributed by atoms with Crippen LogP contribution in [-0.2, 0) is 0 Å². The van der Waals surface area contributed by atoms with E-state index in [2.05, 4.69) is 0 Å². The molecule has 1 saturated carbocycles. The van der Waals surface area contributed by atoms with E-state index in [4.69, 9.17) is 27.8 Å². The summed E-state index contributed by atoms with van der Waals surface area (Å²) in [7, 11) is 0. The van der Waals surface area contributed by atoms with Gasteiger partial charge in [0.25, 0.3) is 5.91 Å². The van der Waals surface area contributed by atoms with Gasteiger partial charge in [-0.05, 0) is 24.5 Å². The molecule has 0 spiro atoms. The van der Waals surface area contributed by atoms with E-state index in [1.165, 1.54) is 18.9 Å². The Balaban J connectivity index is 2.14. The molecule has 0 unspecified atom stereocenters. The molecule has 2 rings (SSSR count). The maximum Gasteiger partial charge on any atom is 0.252 e. The summed E-state index contributed by atoms with van der Waals surface area (Å²) in [6.45, 7) is 0.550. The number of carbonyl (C=O) groups excluding carboxylic acids is 1. The second kappa shape index (κ2) is 4.84. The number of amides is 1. The topological polar surface area (TPSA) is 78.3 Å². The average Bonchev–Trinajstić information content (AvgIpc) is 3.04. The minimum Gasteiger partial charge on any atom is -0.491 e. The Bertz CT molecular complexity index is 444. The number of nitrogen functional groups attached to an aromatic ring is 1. The predicted molar refractivity (Wildman–Crippen MR) is 67.2 cm³/mol. The summed E-state index contributed by atoms with van der Waals surface area (Å²) in [6.07, 6.45) is 3.52. The highest BCUT2D eigenvalue weighted by Gasteiger charge is 2.21. The van der Waals surface area contributed by atoms with Gasteiger partial charge in [-0.3, -0.25) is 4.79 Å². The monoisotopic (exact) mass is 254 g/mol. The van der Waals surface area contributed by atoms with E-state index < -0.39 is 5.91 Å². The highest BCUT2D eigenvalue weighted by molar-refractivity contribution is 6.33. The SMILES string of the molecule is NC(=O)c1cc(N)cc(Cl)c1OCCC1CC1. The van der Waals surface area contributed by atoms with Crippen molar-refractivity contribution in [3.05, 3.63) is 22.7 Å². The average molecular weight is 255 g/mol.